The second-order valence-electron chi connectivity index (χ2n) is 8.33. The maximum absolute atomic E-state index is 9.67. The molecule has 4 aromatic rings. The van der Waals surface area contributed by atoms with Gasteiger partial charge in [-0.05, 0) is 35.4 Å². The Morgan fingerprint density at radius 3 is 1.79 bits per heavy atom. The predicted octanol–water partition coefficient (Wildman–Crippen LogP) is 4.06. The van der Waals surface area contributed by atoms with Gasteiger partial charge in [-0.3, -0.25) is 22.4 Å². The molecule has 0 N–H and O–H groups in total. The van der Waals surface area contributed by atoms with E-state index in [9.17, 15) is 12.9 Å². The maximum Gasteiger partial charge on any atom is 0.762 e. The van der Waals surface area contributed by atoms with Gasteiger partial charge in [-0.1, -0.05) is 84.9 Å². The molecule has 2 atom stereocenters. The van der Waals surface area contributed by atoms with Gasteiger partial charge in [-0.15, -0.1) is 0 Å². The zero-order valence-corrected chi connectivity index (χ0v) is 19.2. The summed E-state index contributed by atoms with van der Waals surface area (Å²) < 4.78 is 31.5. The standard InChI is InChI=1S/C27H27N2.BF3.FH/c1-20(24-15-7-11-22-9-3-5-13-26(22)24)28-17-18-29(19-28)21(2)25-16-8-12-23-10-4-6-14-27(23)25;2-1(3)4;/h3-16,19-21H,17-18H2,1-2H3;;1H/q+1;;/p-1/t20-,21-;;/m0../s1. The van der Waals surface area contributed by atoms with Crippen LogP contribution in [0.4, 0.5) is 12.9 Å². The molecule has 1 aliphatic rings. The first kappa shape index (κ1) is 25.3. The summed E-state index contributed by atoms with van der Waals surface area (Å²) in [7, 11) is -3.67. The first-order valence-corrected chi connectivity index (χ1v) is 11.2. The molecule has 0 saturated heterocycles. The van der Waals surface area contributed by atoms with Crippen LogP contribution in [0, 0.1) is 0 Å². The quantitative estimate of drug-likeness (QED) is 0.250. The molecule has 7 heteroatoms. The van der Waals surface area contributed by atoms with Crippen molar-refractivity contribution in [3.05, 3.63) is 96.1 Å². The van der Waals surface area contributed by atoms with E-state index in [1.807, 2.05) is 0 Å². The smallest absolute Gasteiger partial charge is 0.762 e. The Morgan fingerprint density at radius 1 is 0.735 bits per heavy atom. The molecule has 0 saturated carbocycles. The van der Waals surface area contributed by atoms with Gasteiger partial charge >= 0.3 is 7.54 Å². The molecule has 34 heavy (non-hydrogen) atoms. The molecule has 5 rings (SSSR count). The molecule has 0 radical (unpaired) electrons. The Hall–Kier alpha value is -3.35. The molecular weight excluding hydrogens is 439 g/mol. The van der Waals surface area contributed by atoms with Crippen LogP contribution in [0.15, 0.2) is 84.9 Å². The van der Waals surface area contributed by atoms with Crippen molar-refractivity contribution in [1.82, 2.24) is 4.90 Å². The summed E-state index contributed by atoms with van der Waals surface area (Å²) in [5.41, 5.74) is 2.80. The summed E-state index contributed by atoms with van der Waals surface area (Å²) in [4.78, 5) is 2.49. The summed E-state index contributed by atoms with van der Waals surface area (Å²) in [6.07, 6.45) is 2.35. The van der Waals surface area contributed by atoms with Gasteiger partial charge in [0.25, 0.3) is 0 Å². The number of fused-ring (bicyclic) bond motifs is 2. The molecule has 2 nitrogen and oxygen atoms in total. The number of halogens is 4. The molecule has 4 aromatic carbocycles. The monoisotopic (exact) mass is 466 g/mol. The average Bonchev–Trinajstić information content (AvgIpc) is 3.32. The fourth-order valence-corrected chi connectivity index (χ4v) is 4.71. The molecule has 1 heterocycles. The van der Waals surface area contributed by atoms with Gasteiger partial charge in [0.2, 0.25) is 6.34 Å². The Morgan fingerprint density at radius 2 is 1.21 bits per heavy atom. The van der Waals surface area contributed by atoms with Crippen LogP contribution in [-0.2, 0) is 0 Å². The van der Waals surface area contributed by atoms with Gasteiger partial charge in [0.1, 0.15) is 25.2 Å². The zero-order valence-electron chi connectivity index (χ0n) is 19.2. The number of benzene rings is 4. The van der Waals surface area contributed by atoms with Gasteiger partial charge in [0.05, 0.1) is 0 Å². The van der Waals surface area contributed by atoms with Crippen molar-refractivity contribution < 1.29 is 22.2 Å². The largest absolute Gasteiger partial charge is 1.00 e. The second kappa shape index (κ2) is 11.2. The Bertz CT molecular complexity index is 1260. The number of rotatable bonds is 4. The van der Waals surface area contributed by atoms with Crippen LogP contribution in [0.2, 0.25) is 0 Å². The molecule has 0 aliphatic carbocycles. The van der Waals surface area contributed by atoms with Gasteiger partial charge in [-0.2, -0.15) is 0 Å². The zero-order chi connectivity index (χ0) is 23.4. The molecule has 0 bridgehead atoms. The summed E-state index contributed by atoms with van der Waals surface area (Å²) >= 11 is 0. The molecule has 0 amide bonds. The van der Waals surface area contributed by atoms with Crippen molar-refractivity contribution in [2.45, 2.75) is 25.9 Å². The fraction of sp³-hybridized carbons (Fsp3) is 0.222. The lowest BCUT2D eigenvalue weighted by molar-refractivity contribution is -0.555. The van der Waals surface area contributed by atoms with E-state index >= 15 is 0 Å². The molecule has 0 fully saturated rings. The third-order valence-electron chi connectivity index (χ3n) is 6.45. The SMILES string of the molecule is C[C@@H](c1cccc2ccccc12)N1C=[N+]([C@@H](C)c2cccc3ccccc23)CC1.FB(F)F.[F-]. The van der Waals surface area contributed by atoms with E-state index in [0.717, 1.165) is 13.1 Å². The van der Waals surface area contributed by atoms with E-state index in [4.69, 9.17) is 0 Å². The minimum atomic E-state index is -3.67. The van der Waals surface area contributed by atoms with Crippen molar-refractivity contribution in [1.29, 1.82) is 0 Å². The van der Waals surface area contributed by atoms with E-state index < -0.39 is 7.54 Å². The summed E-state index contributed by atoms with van der Waals surface area (Å²) in [5, 5.41) is 5.35. The van der Waals surface area contributed by atoms with E-state index in [-0.39, 0.29) is 4.70 Å². The Labute approximate surface area is 197 Å². The van der Waals surface area contributed by atoms with Crippen LogP contribution >= 0.6 is 0 Å². The number of hydrogen-bond donors (Lipinski definition) is 0. The Kier molecular flexibility index (Phi) is 8.32. The van der Waals surface area contributed by atoms with Gasteiger partial charge in [0, 0.05) is 11.1 Å². The topological polar surface area (TPSA) is 6.25 Å². The van der Waals surface area contributed by atoms with Gasteiger partial charge in [-0.25, -0.2) is 0 Å². The minimum absolute atomic E-state index is 0. The highest BCUT2D eigenvalue weighted by atomic mass is 19.4. The lowest BCUT2D eigenvalue weighted by atomic mass is 9.99. The molecule has 0 aromatic heterocycles. The van der Waals surface area contributed by atoms with E-state index in [0.29, 0.717) is 12.1 Å². The predicted molar refractivity (Wildman–Crippen MR) is 132 cm³/mol. The van der Waals surface area contributed by atoms with Crippen LogP contribution in [-0.4, -0.2) is 36.4 Å². The van der Waals surface area contributed by atoms with Crippen molar-refractivity contribution >= 4 is 35.4 Å². The molecule has 0 unspecified atom stereocenters. The first-order chi connectivity index (χ1) is 16.0. The van der Waals surface area contributed by atoms with Crippen molar-refractivity contribution in [3.8, 4) is 0 Å². The van der Waals surface area contributed by atoms with Crippen molar-refractivity contribution in [2.24, 2.45) is 0 Å². The number of hydrogen-bond acceptors (Lipinski definition) is 1. The highest BCUT2D eigenvalue weighted by Crippen LogP contribution is 2.30. The first-order valence-electron chi connectivity index (χ1n) is 11.2. The van der Waals surface area contributed by atoms with Crippen LogP contribution in [0.1, 0.15) is 37.1 Å². The van der Waals surface area contributed by atoms with E-state index in [1.165, 1.54) is 32.7 Å². The molecule has 0 spiro atoms. The van der Waals surface area contributed by atoms with Gasteiger partial charge in [0.15, 0.2) is 0 Å². The van der Waals surface area contributed by atoms with Crippen LogP contribution in [0.25, 0.3) is 21.5 Å². The van der Waals surface area contributed by atoms with Crippen molar-refractivity contribution in [3.63, 3.8) is 0 Å². The lowest BCUT2D eigenvalue weighted by Gasteiger charge is -2.18. The fourth-order valence-electron chi connectivity index (χ4n) is 4.71. The average molecular weight is 466 g/mol. The number of nitrogens with zero attached hydrogens (tertiary/aromatic N) is 2. The Balaban J connectivity index is 0.000000603. The van der Waals surface area contributed by atoms with Crippen LogP contribution in [0.5, 0.6) is 0 Å². The van der Waals surface area contributed by atoms with E-state index in [1.54, 1.807) is 0 Å². The third-order valence-corrected chi connectivity index (χ3v) is 6.45. The van der Waals surface area contributed by atoms with Crippen molar-refractivity contribution in [2.75, 3.05) is 13.1 Å². The summed E-state index contributed by atoms with van der Waals surface area (Å²) in [6, 6.07) is 31.4. The van der Waals surface area contributed by atoms with E-state index in [2.05, 4.69) is 115 Å². The van der Waals surface area contributed by atoms with Crippen LogP contribution < -0.4 is 4.70 Å². The molecule has 1 aliphatic heterocycles. The lowest BCUT2D eigenvalue weighted by Crippen LogP contribution is -3.00. The minimum Gasteiger partial charge on any atom is -1.00 e. The third kappa shape index (κ3) is 5.41. The summed E-state index contributed by atoms with van der Waals surface area (Å²) in [5.74, 6) is 0. The second-order valence-corrected chi connectivity index (χ2v) is 8.33. The van der Waals surface area contributed by atoms with Gasteiger partial charge < -0.3 is 4.70 Å². The molecule has 176 valence electrons. The van der Waals surface area contributed by atoms with Crippen LogP contribution in [0.3, 0.4) is 0 Å². The highest BCUT2D eigenvalue weighted by Gasteiger charge is 2.29. The summed E-state index contributed by atoms with van der Waals surface area (Å²) in [6.45, 7) is 6.76. The maximum atomic E-state index is 9.67. The molecular formula is C27H27BF4N2. The normalized spacial score (nSPS) is 14.6. The highest BCUT2D eigenvalue weighted by molar-refractivity contribution is 6.33.